The minimum atomic E-state index is 0.371. The van der Waals surface area contributed by atoms with Crippen LogP contribution in [-0.2, 0) is 0 Å². The lowest BCUT2D eigenvalue weighted by molar-refractivity contribution is 0.386. The lowest BCUT2D eigenvalue weighted by Gasteiger charge is -2.17. The first kappa shape index (κ1) is 12.9. The summed E-state index contributed by atoms with van der Waals surface area (Å²) in [5.74, 6) is 0.855. The largest absolute Gasteiger partial charge is 0.238 e. The minimum Gasteiger partial charge on any atom is -0.238 e. The van der Waals surface area contributed by atoms with E-state index in [1.807, 2.05) is 19.1 Å². The van der Waals surface area contributed by atoms with Gasteiger partial charge in [0.15, 0.2) is 5.82 Å². The second kappa shape index (κ2) is 5.24. The third-order valence-electron chi connectivity index (χ3n) is 2.52. The maximum absolute atomic E-state index is 4.57. The van der Waals surface area contributed by atoms with Crippen molar-refractivity contribution in [2.45, 2.75) is 47.5 Å². The number of rotatable bonds is 3. The first-order valence-electron chi connectivity index (χ1n) is 5.84. The number of hydrogen-bond acceptors (Lipinski definition) is 2. The number of hydrogen-bond donors (Lipinski definition) is 0. The van der Waals surface area contributed by atoms with Gasteiger partial charge in [0.05, 0.1) is 0 Å². The number of pyridine rings is 1. The Bertz CT molecular complexity index is 373. The van der Waals surface area contributed by atoms with Gasteiger partial charge in [-0.15, -0.1) is 0 Å². The molecule has 1 rings (SSSR count). The second-order valence-corrected chi connectivity index (χ2v) is 5.55. The van der Waals surface area contributed by atoms with Crippen molar-refractivity contribution in [3.63, 3.8) is 0 Å². The Hall–Kier alpha value is -1.18. The zero-order valence-corrected chi connectivity index (χ0v) is 11.0. The Morgan fingerprint density at radius 2 is 2.06 bits per heavy atom. The van der Waals surface area contributed by atoms with E-state index in [0.717, 1.165) is 29.9 Å². The van der Waals surface area contributed by atoms with Crippen molar-refractivity contribution >= 4 is 11.5 Å². The van der Waals surface area contributed by atoms with Crippen LogP contribution in [0.2, 0.25) is 0 Å². The summed E-state index contributed by atoms with van der Waals surface area (Å²) in [7, 11) is 0. The molecule has 0 spiro atoms. The van der Waals surface area contributed by atoms with Crippen molar-refractivity contribution in [2.75, 3.05) is 0 Å². The van der Waals surface area contributed by atoms with Crippen molar-refractivity contribution in [3.05, 3.63) is 23.9 Å². The van der Waals surface area contributed by atoms with Gasteiger partial charge in [0.2, 0.25) is 0 Å². The van der Waals surface area contributed by atoms with Crippen LogP contribution in [0.4, 0.5) is 5.82 Å². The van der Waals surface area contributed by atoms with Gasteiger partial charge in [-0.3, -0.25) is 0 Å². The number of aliphatic imine (C=N–C) groups is 1. The highest BCUT2D eigenvalue weighted by atomic mass is 14.9. The molecule has 2 nitrogen and oxygen atoms in total. The Morgan fingerprint density at radius 3 is 2.62 bits per heavy atom. The van der Waals surface area contributed by atoms with Crippen molar-refractivity contribution in [2.24, 2.45) is 10.4 Å². The molecule has 0 aliphatic rings. The van der Waals surface area contributed by atoms with Crippen LogP contribution >= 0.6 is 0 Å². The van der Waals surface area contributed by atoms with E-state index in [2.05, 4.69) is 37.7 Å². The van der Waals surface area contributed by atoms with Crippen LogP contribution in [0.5, 0.6) is 0 Å². The molecule has 1 heterocycles. The van der Waals surface area contributed by atoms with Gasteiger partial charge < -0.3 is 0 Å². The molecule has 0 aliphatic heterocycles. The minimum absolute atomic E-state index is 0.371. The van der Waals surface area contributed by atoms with Gasteiger partial charge in [-0.25, -0.2) is 9.98 Å². The van der Waals surface area contributed by atoms with E-state index < -0.39 is 0 Å². The number of aryl methyl sites for hydroxylation is 1. The van der Waals surface area contributed by atoms with Crippen LogP contribution < -0.4 is 0 Å². The molecule has 0 atom stereocenters. The highest BCUT2D eigenvalue weighted by Gasteiger charge is 2.10. The molecule has 0 radical (unpaired) electrons. The highest BCUT2D eigenvalue weighted by molar-refractivity contribution is 5.84. The monoisotopic (exact) mass is 218 g/mol. The van der Waals surface area contributed by atoms with Crippen molar-refractivity contribution in [1.29, 1.82) is 0 Å². The molecule has 0 unspecified atom stereocenters. The molecule has 0 saturated heterocycles. The average Bonchev–Trinajstić information content (AvgIpc) is 2.18. The van der Waals surface area contributed by atoms with Crippen LogP contribution in [0.15, 0.2) is 23.3 Å². The van der Waals surface area contributed by atoms with Crippen LogP contribution in [0.3, 0.4) is 0 Å². The molecule has 0 amide bonds. The SMILES string of the molecule is C/C(CCC(C)(C)C)=N\c1ncccc1C. The molecular weight excluding hydrogens is 196 g/mol. The highest BCUT2D eigenvalue weighted by Crippen LogP contribution is 2.22. The first-order chi connectivity index (χ1) is 7.38. The van der Waals surface area contributed by atoms with Gasteiger partial charge in [0.1, 0.15) is 0 Å². The molecule has 2 heteroatoms. The average molecular weight is 218 g/mol. The van der Waals surface area contributed by atoms with Gasteiger partial charge >= 0.3 is 0 Å². The van der Waals surface area contributed by atoms with E-state index in [0.29, 0.717) is 5.41 Å². The zero-order chi connectivity index (χ0) is 12.2. The summed E-state index contributed by atoms with van der Waals surface area (Å²) in [4.78, 5) is 8.84. The maximum Gasteiger partial charge on any atom is 0.154 e. The predicted molar refractivity (Wildman–Crippen MR) is 70.4 cm³/mol. The molecular formula is C14H22N2. The predicted octanol–water partition coefficient (Wildman–Crippen LogP) is 4.31. The molecule has 88 valence electrons. The Labute approximate surface area is 98.8 Å². The lowest BCUT2D eigenvalue weighted by Crippen LogP contribution is -2.07. The Kier molecular flexibility index (Phi) is 4.22. The second-order valence-electron chi connectivity index (χ2n) is 5.55. The van der Waals surface area contributed by atoms with Gasteiger partial charge in [-0.1, -0.05) is 26.8 Å². The number of nitrogens with zero attached hydrogens (tertiary/aromatic N) is 2. The first-order valence-corrected chi connectivity index (χ1v) is 5.84. The maximum atomic E-state index is 4.57. The van der Waals surface area contributed by atoms with E-state index in [9.17, 15) is 0 Å². The summed E-state index contributed by atoms with van der Waals surface area (Å²) in [6.07, 6.45) is 4.00. The molecule has 0 bridgehead atoms. The molecule has 0 N–H and O–H groups in total. The van der Waals surface area contributed by atoms with Crippen LogP contribution in [0.25, 0.3) is 0 Å². The molecule has 1 aromatic rings. The third-order valence-corrected chi connectivity index (χ3v) is 2.52. The van der Waals surface area contributed by atoms with Crippen LogP contribution in [0, 0.1) is 12.3 Å². The topological polar surface area (TPSA) is 25.2 Å². The summed E-state index contributed by atoms with van der Waals surface area (Å²) in [6.45, 7) is 10.9. The fourth-order valence-corrected chi connectivity index (χ4v) is 1.39. The quantitative estimate of drug-likeness (QED) is 0.694. The number of aromatic nitrogens is 1. The fourth-order valence-electron chi connectivity index (χ4n) is 1.39. The fraction of sp³-hybridized carbons (Fsp3) is 0.571. The molecule has 0 saturated carbocycles. The van der Waals surface area contributed by atoms with E-state index in [-0.39, 0.29) is 0 Å². The van der Waals surface area contributed by atoms with E-state index in [4.69, 9.17) is 0 Å². The van der Waals surface area contributed by atoms with Gasteiger partial charge in [0.25, 0.3) is 0 Å². The Balaban J connectivity index is 2.67. The summed E-state index contributed by atoms with van der Waals surface area (Å²) in [5, 5.41) is 0. The third kappa shape index (κ3) is 4.56. The van der Waals surface area contributed by atoms with E-state index in [1.54, 1.807) is 6.20 Å². The van der Waals surface area contributed by atoms with Crippen LogP contribution in [-0.4, -0.2) is 10.7 Å². The standard InChI is InChI=1S/C14H22N2/c1-11-7-6-10-15-13(11)16-12(2)8-9-14(3,4)5/h6-7,10H,8-9H2,1-5H3/b16-12+. The van der Waals surface area contributed by atoms with Crippen molar-refractivity contribution in [3.8, 4) is 0 Å². The smallest absolute Gasteiger partial charge is 0.154 e. The summed E-state index contributed by atoms with van der Waals surface area (Å²) >= 11 is 0. The summed E-state index contributed by atoms with van der Waals surface area (Å²) in [6, 6.07) is 3.99. The molecule has 0 aliphatic carbocycles. The van der Waals surface area contributed by atoms with Gasteiger partial charge in [-0.2, -0.15) is 0 Å². The summed E-state index contributed by atoms with van der Waals surface area (Å²) < 4.78 is 0. The van der Waals surface area contributed by atoms with Gasteiger partial charge in [0, 0.05) is 11.9 Å². The molecule has 1 aromatic heterocycles. The van der Waals surface area contributed by atoms with Crippen molar-refractivity contribution < 1.29 is 0 Å². The molecule has 16 heavy (non-hydrogen) atoms. The molecule has 0 aromatic carbocycles. The summed E-state index contributed by atoms with van der Waals surface area (Å²) in [5.41, 5.74) is 2.67. The van der Waals surface area contributed by atoms with Crippen LogP contribution in [0.1, 0.15) is 46.1 Å². The molecule has 0 fully saturated rings. The van der Waals surface area contributed by atoms with Crippen molar-refractivity contribution in [1.82, 2.24) is 4.98 Å². The zero-order valence-electron chi connectivity index (χ0n) is 11.0. The van der Waals surface area contributed by atoms with E-state index >= 15 is 0 Å². The lowest BCUT2D eigenvalue weighted by atomic mass is 9.90. The normalized spacial score (nSPS) is 12.9. The Morgan fingerprint density at radius 1 is 1.38 bits per heavy atom. The van der Waals surface area contributed by atoms with Gasteiger partial charge in [-0.05, 0) is 43.7 Å². The van der Waals surface area contributed by atoms with E-state index in [1.165, 1.54) is 0 Å².